The van der Waals surface area contributed by atoms with Crippen LogP contribution in [0.25, 0.3) is 0 Å². The van der Waals surface area contributed by atoms with Crippen LogP contribution >= 0.6 is 0 Å². The van der Waals surface area contributed by atoms with E-state index in [0.29, 0.717) is 12.0 Å². The van der Waals surface area contributed by atoms with Crippen LogP contribution in [0.2, 0.25) is 0 Å². The third-order valence-electron chi connectivity index (χ3n) is 2.03. The van der Waals surface area contributed by atoms with Crippen molar-refractivity contribution in [1.29, 1.82) is 0 Å². The molecule has 0 heterocycles. The van der Waals surface area contributed by atoms with Crippen LogP contribution in [0.4, 0.5) is 0 Å². The first-order chi connectivity index (χ1) is 5.87. The fourth-order valence-electron chi connectivity index (χ4n) is 1.20. The standard InChI is InChI=1S/C12H24O/c1-10(2)11(13-6)8-7-9-12(3,4)5/h7,9-11H,8H2,1-6H3/t11-/m0/s1. The Kier molecular flexibility index (Phi) is 5.31. The Morgan fingerprint density at radius 3 is 2.08 bits per heavy atom. The first kappa shape index (κ1) is 12.7. The molecule has 0 N–H and O–H groups in total. The van der Waals surface area contributed by atoms with Gasteiger partial charge in [-0.05, 0) is 17.8 Å². The summed E-state index contributed by atoms with van der Waals surface area (Å²) in [4.78, 5) is 0. The van der Waals surface area contributed by atoms with Crippen LogP contribution in [0, 0.1) is 11.3 Å². The molecule has 0 saturated heterocycles. The third kappa shape index (κ3) is 6.83. The van der Waals surface area contributed by atoms with Crippen molar-refractivity contribution in [2.24, 2.45) is 11.3 Å². The highest BCUT2D eigenvalue weighted by atomic mass is 16.5. The lowest BCUT2D eigenvalue weighted by molar-refractivity contribution is 0.0674. The summed E-state index contributed by atoms with van der Waals surface area (Å²) in [6, 6.07) is 0. The molecule has 1 nitrogen and oxygen atoms in total. The van der Waals surface area contributed by atoms with Gasteiger partial charge in [-0.2, -0.15) is 0 Å². The van der Waals surface area contributed by atoms with Crippen LogP contribution in [0.1, 0.15) is 41.0 Å². The van der Waals surface area contributed by atoms with Crippen molar-refractivity contribution in [2.45, 2.75) is 47.1 Å². The highest BCUT2D eigenvalue weighted by Gasteiger charge is 2.10. The van der Waals surface area contributed by atoms with Crippen molar-refractivity contribution in [3.63, 3.8) is 0 Å². The molecule has 78 valence electrons. The zero-order chi connectivity index (χ0) is 10.5. The molecular weight excluding hydrogens is 160 g/mol. The van der Waals surface area contributed by atoms with Crippen molar-refractivity contribution >= 4 is 0 Å². The van der Waals surface area contributed by atoms with Crippen molar-refractivity contribution in [2.75, 3.05) is 7.11 Å². The normalized spacial score (nSPS) is 15.6. The van der Waals surface area contributed by atoms with Crippen molar-refractivity contribution < 1.29 is 4.74 Å². The summed E-state index contributed by atoms with van der Waals surface area (Å²) in [5.41, 5.74) is 0.287. The summed E-state index contributed by atoms with van der Waals surface area (Å²) < 4.78 is 5.38. The van der Waals surface area contributed by atoms with E-state index in [0.717, 1.165) is 6.42 Å². The Bertz CT molecular complexity index is 151. The van der Waals surface area contributed by atoms with E-state index < -0.39 is 0 Å². The largest absolute Gasteiger partial charge is 0.381 e. The molecule has 0 radical (unpaired) electrons. The van der Waals surface area contributed by atoms with Gasteiger partial charge in [0.2, 0.25) is 0 Å². The topological polar surface area (TPSA) is 9.23 Å². The molecule has 0 aliphatic carbocycles. The molecule has 13 heavy (non-hydrogen) atoms. The van der Waals surface area contributed by atoms with Crippen LogP contribution < -0.4 is 0 Å². The zero-order valence-corrected chi connectivity index (χ0v) is 9.92. The van der Waals surface area contributed by atoms with Gasteiger partial charge in [-0.15, -0.1) is 0 Å². The maximum absolute atomic E-state index is 5.38. The van der Waals surface area contributed by atoms with E-state index >= 15 is 0 Å². The first-order valence-electron chi connectivity index (χ1n) is 5.07. The number of hydrogen-bond donors (Lipinski definition) is 0. The maximum atomic E-state index is 5.38. The number of ether oxygens (including phenoxy) is 1. The number of rotatable bonds is 4. The summed E-state index contributed by atoms with van der Waals surface area (Å²) >= 11 is 0. The third-order valence-corrected chi connectivity index (χ3v) is 2.03. The molecule has 0 aromatic carbocycles. The van der Waals surface area contributed by atoms with Gasteiger partial charge in [0.1, 0.15) is 0 Å². The van der Waals surface area contributed by atoms with E-state index in [4.69, 9.17) is 4.74 Å². The van der Waals surface area contributed by atoms with E-state index in [1.807, 2.05) is 0 Å². The molecule has 0 fully saturated rings. The number of hydrogen-bond acceptors (Lipinski definition) is 1. The molecule has 0 amide bonds. The molecular formula is C12H24O. The van der Waals surface area contributed by atoms with E-state index in [2.05, 4.69) is 46.8 Å². The molecule has 0 saturated carbocycles. The minimum absolute atomic E-state index is 0.287. The minimum atomic E-state index is 0.287. The Balaban J connectivity index is 3.92. The smallest absolute Gasteiger partial charge is 0.0628 e. The molecule has 1 heteroatoms. The highest BCUT2D eigenvalue weighted by Crippen LogP contribution is 2.17. The monoisotopic (exact) mass is 184 g/mol. The fourth-order valence-corrected chi connectivity index (χ4v) is 1.20. The summed E-state index contributed by atoms with van der Waals surface area (Å²) in [5, 5.41) is 0. The lowest BCUT2D eigenvalue weighted by Crippen LogP contribution is -2.16. The fraction of sp³-hybridized carbons (Fsp3) is 0.833. The molecule has 0 unspecified atom stereocenters. The van der Waals surface area contributed by atoms with Gasteiger partial charge in [0.25, 0.3) is 0 Å². The molecule has 0 rings (SSSR count). The van der Waals surface area contributed by atoms with E-state index in [1.54, 1.807) is 7.11 Å². The molecule has 0 aromatic heterocycles. The predicted octanol–water partition coefficient (Wildman–Crippen LogP) is 3.65. The lowest BCUT2D eigenvalue weighted by atomic mass is 9.94. The molecule has 0 bridgehead atoms. The van der Waals surface area contributed by atoms with E-state index in [1.165, 1.54) is 0 Å². The molecule has 0 aliphatic rings. The van der Waals surface area contributed by atoms with Crippen LogP contribution in [-0.2, 0) is 4.74 Å². The van der Waals surface area contributed by atoms with Crippen LogP contribution in [0.3, 0.4) is 0 Å². The molecule has 0 aromatic rings. The average molecular weight is 184 g/mol. The van der Waals surface area contributed by atoms with Crippen LogP contribution in [-0.4, -0.2) is 13.2 Å². The second-order valence-electron chi connectivity index (χ2n) is 5.02. The zero-order valence-electron chi connectivity index (χ0n) is 9.92. The molecule has 0 aliphatic heterocycles. The number of methoxy groups -OCH3 is 1. The van der Waals surface area contributed by atoms with E-state index in [9.17, 15) is 0 Å². The Morgan fingerprint density at radius 1 is 1.23 bits per heavy atom. The quantitative estimate of drug-likeness (QED) is 0.606. The van der Waals surface area contributed by atoms with Gasteiger partial charge >= 0.3 is 0 Å². The Hall–Kier alpha value is -0.300. The van der Waals surface area contributed by atoms with E-state index in [-0.39, 0.29) is 5.41 Å². The predicted molar refractivity (Wildman–Crippen MR) is 58.8 cm³/mol. The minimum Gasteiger partial charge on any atom is -0.381 e. The van der Waals surface area contributed by atoms with Crippen LogP contribution in [0.5, 0.6) is 0 Å². The van der Waals surface area contributed by atoms with Gasteiger partial charge in [-0.3, -0.25) is 0 Å². The van der Waals surface area contributed by atoms with Gasteiger partial charge in [-0.1, -0.05) is 46.8 Å². The van der Waals surface area contributed by atoms with Gasteiger partial charge < -0.3 is 4.74 Å². The van der Waals surface area contributed by atoms with Crippen molar-refractivity contribution in [1.82, 2.24) is 0 Å². The second kappa shape index (κ2) is 5.43. The molecule has 1 atom stereocenters. The van der Waals surface area contributed by atoms with Crippen molar-refractivity contribution in [3.05, 3.63) is 12.2 Å². The summed E-state index contributed by atoms with van der Waals surface area (Å²) in [7, 11) is 1.79. The SMILES string of the molecule is CO[C@@H](CC=CC(C)(C)C)C(C)C. The second-order valence-corrected chi connectivity index (χ2v) is 5.02. The lowest BCUT2D eigenvalue weighted by Gasteiger charge is -2.18. The van der Waals surface area contributed by atoms with Gasteiger partial charge in [0, 0.05) is 7.11 Å². The summed E-state index contributed by atoms with van der Waals surface area (Å²) in [5.74, 6) is 0.592. The number of allylic oxidation sites excluding steroid dienone is 1. The summed E-state index contributed by atoms with van der Waals surface area (Å²) in [6.45, 7) is 11.0. The average Bonchev–Trinajstić information content (AvgIpc) is 1.95. The van der Waals surface area contributed by atoms with Crippen molar-refractivity contribution in [3.8, 4) is 0 Å². The van der Waals surface area contributed by atoms with Gasteiger partial charge in [-0.25, -0.2) is 0 Å². The maximum Gasteiger partial charge on any atom is 0.0628 e. The Labute approximate surface area is 83.2 Å². The first-order valence-corrected chi connectivity index (χ1v) is 5.07. The van der Waals surface area contributed by atoms with Gasteiger partial charge in [0.05, 0.1) is 6.10 Å². The summed E-state index contributed by atoms with van der Waals surface area (Å²) in [6.07, 6.45) is 5.86. The highest BCUT2D eigenvalue weighted by molar-refractivity contribution is 4.93. The Morgan fingerprint density at radius 2 is 1.77 bits per heavy atom. The van der Waals surface area contributed by atoms with Gasteiger partial charge in [0.15, 0.2) is 0 Å². The van der Waals surface area contributed by atoms with Crippen LogP contribution in [0.15, 0.2) is 12.2 Å². The molecule has 0 spiro atoms.